The fraction of sp³-hybridized carbons (Fsp3) is 0.400. The Morgan fingerprint density at radius 2 is 1.79 bits per heavy atom. The number of hydrogen-bond acceptors (Lipinski definition) is 4. The number of pyridine rings is 1. The van der Waals surface area contributed by atoms with Crippen molar-refractivity contribution < 1.29 is 17.6 Å². The van der Waals surface area contributed by atoms with Gasteiger partial charge in [-0.25, -0.2) is 17.6 Å². The number of halogens is 1. The Hall–Kier alpha value is -2.52. The molecule has 1 N–H and O–H groups in total. The van der Waals surface area contributed by atoms with Crippen LogP contribution in [0.5, 0.6) is 0 Å². The van der Waals surface area contributed by atoms with E-state index in [4.69, 9.17) is 0 Å². The first-order valence-electron chi connectivity index (χ1n) is 9.63. The molecule has 1 aromatic carbocycles. The lowest BCUT2D eigenvalue weighted by molar-refractivity contribution is 0.212. The monoisotopic (exact) mass is 418 g/mol. The van der Waals surface area contributed by atoms with Crippen LogP contribution in [-0.2, 0) is 16.6 Å². The minimum absolute atomic E-state index is 0.00505. The van der Waals surface area contributed by atoms with Crippen molar-refractivity contribution in [1.82, 2.24) is 14.2 Å². The van der Waals surface area contributed by atoms with Gasteiger partial charge in [0.15, 0.2) is 0 Å². The van der Waals surface area contributed by atoms with Crippen molar-refractivity contribution in [1.29, 1.82) is 0 Å². The molecule has 0 aliphatic carbocycles. The second-order valence-corrected chi connectivity index (χ2v) is 9.64. The minimum atomic E-state index is -3.41. The molecule has 2 atom stereocenters. The van der Waals surface area contributed by atoms with Crippen molar-refractivity contribution in [2.45, 2.75) is 24.6 Å². The summed E-state index contributed by atoms with van der Waals surface area (Å²) in [6.07, 6.45) is 4.37. The number of likely N-dealkylation sites (tertiary alicyclic amines) is 1. The number of nitrogens with zero attached hydrogens (tertiary/aromatic N) is 3. The predicted octanol–water partition coefficient (Wildman–Crippen LogP) is 2.68. The van der Waals surface area contributed by atoms with Crippen LogP contribution in [-0.4, -0.2) is 53.5 Å². The van der Waals surface area contributed by atoms with Crippen molar-refractivity contribution in [3.05, 3.63) is 60.2 Å². The molecule has 2 aromatic rings. The molecule has 2 saturated heterocycles. The number of aromatic nitrogens is 1. The average molecular weight is 418 g/mol. The number of hydrogen-bond donors (Lipinski definition) is 1. The second kappa shape index (κ2) is 8.08. The first-order chi connectivity index (χ1) is 13.9. The van der Waals surface area contributed by atoms with E-state index >= 15 is 0 Å². The second-order valence-electron chi connectivity index (χ2n) is 7.49. The van der Waals surface area contributed by atoms with E-state index in [1.165, 1.54) is 24.3 Å². The number of amides is 2. The van der Waals surface area contributed by atoms with Gasteiger partial charge in [0, 0.05) is 44.3 Å². The number of benzene rings is 1. The van der Waals surface area contributed by atoms with Crippen LogP contribution in [0.25, 0.3) is 0 Å². The highest BCUT2D eigenvalue weighted by atomic mass is 32.2. The Morgan fingerprint density at radius 3 is 2.52 bits per heavy atom. The van der Waals surface area contributed by atoms with Crippen molar-refractivity contribution in [2.24, 2.45) is 5.92 Å². The number of carbonyl (C=O) groups is 1. The van der Waals surface area contributed by atoms with Gasteiger partial charge in [-0.15, -0.1) is 0 Å². The molecule has 7 nitrogen and oxygen atoms in total. The molecular formula is C20H23FN4O3S. The standard InChI is InChI=1S/C20H23FN4O3S/c21-17-1-3-18(4-2-17)23-20(26)24-11-7-16-14-25(13-15-5-9-22-10-6-15)29(27,28)19(16)8-12-24/h1-6,9-10,16,19H,7-8,11-14H2,(H,23,26)/t16-,19+/m0/s1. The molecular weight excluding hydrogens is 395 g/mol. The third-order valence-corrected chi connectivity index (χ3v) is 8.03. The zero-order valence-corrected chi connectivity index (χ0v) is 16.7. The van der Waals surface area contributed by atoms with E-state index in [0.717, 1.165) is 5.56 Å². The maximum atomic E-state index is 13.0. The SMILES string of the molecule is O=C(Nc1ccc(F)cc1)N1CC[C@H]2CN(Cc3ccncc3)S(=O)(=O)[C@@H]2CC1. The van der Waals surface area contributed by atoms with Gasteiger partial charge >= 0.3 is 6.03 Å². The Kier molecular flexibility index (Phi) is 5.51. The normalized spacial score (nSPS) is 24.0. The van der Waals surface area contributed by atoms with Gasteiger partial charge in [-0.3, -0.25) is 4.98 Å². The molecule has 1 aromatic heterocycles. The fourth-order valence-corrected chi connectivity index (χ4v) is 6.30. The van der Waals surface area contributed by atoms with E-state index in [9.17, 15) is 17.6 Å². The highest BCUT2D eigenvalue weighted by molar-refractivity contribution is 7.90. The zero-order valence-electron chi connectivity index (χ0n) is 15.9. The van der Waals surface area contributed by atoms with Gasteiger partial charge in [-0.1, -0.05) is 0 Å². The van der Waals surface area contributed by atoms with Gasteiger partial charge in [-0.05, 0) is 60.7 Å². The molecule has 0 unspecified atom stereocenters. The molecule has 0 bridgehead atoms. The van der Waals surface area contributed by atoms with Gasteiger partial charge in [0.1, 0.15) is 5.82 Å². The van der Waals surface area contributed by atoms with Gasteiger partial charge in [0.05, 0.1) is 5.25 Å². The molecule has 9 heteroatoms. The topological polar surface area (TPSA) is 82.6 Å². The number of fused-ring (bicyclic) bond motifs is 1. The van der Waals surface area contributed by atoms with Crippen LogP contribution in [0.3, 0.4) is 0 Å². The van der Waals surface area contributed by atoms with Crippen molar-refractivity contribution >= 4 is 21.7 Å². The van der Waals surface area contributed by atoms with Gasteiger partial charge in [0.2, 0.25) is 10.0 Å². The molecule has 154 valence electrons. The van der Waals surface area contributed by atoms with Crippen LogP contribution in [0.15, 0.2) is 48.8 Å². The lowest BCUT2D eigenvalue weighted by atomic mass is 10.0. The molecule has 2 aliphatic rings. The Bertz CT molecular complexity index is 969. The van der Waals surface area contributed by atoms with E-state index in [-0.39, 0.29) is 17.8 Å². The summed E-state index contributed by atoms with van der Waals surface area (Å²) in [6.45, 7) is 1.69. The summed E-state index contributed by atoms with van der Waals surface area (Å²) in [4.78, 5) is 18.2. The van der Waals surface area contributed by atoms with E-state index in [0.29, 0.717) is 44.7 Å². The Labute approximate surface area is 169 Å². The van der Waals surface area contributed by atoms with Gasteiger partial charge < -0.3 is 10.2 Å². The maximum Gasteiger partial charge on any atom is 0.321 e. The van der Waals surface area contributed by atoms with Crippen molar-refractivity contribution in [2.75, 3.05) is 25.0 Å². The number of anilines is 1. The summed E-state index contributed by atoms with van der Waals surface area (Å²) in [6, 6.07) is 8.93. The summed E-state index contributed by atoms with van der Waals surface area (Å²) in [7, 11) is -3.41. The lowest BCUT2D eigenvalue weighted by Crippen LogP contribution is -2.37. The molecule has 2 aliphatic heterocycles. The predicted molar refractivity (Wildman–Crippen MR) is 107 cm³/mol. The highest BCUT2D eigenvalue weighted by Crippen LogP contribution is 2.35. The summed E-state index contributed by atoms with van der Waals surface area (Å²) in [5.41, 5.74) is 1.43. The van der Waals surface area contributed by atoms with Crippen LogP contribution in [0.4, 0.5) is 14.9 Å². The number of sulfonamides is 1. The van der Waals surface area contributed by atoms with Crippen LogP contribution in [0.2, 0.25) is 0 Å². The van der Waals surface area contributed by atoms with Crippen LogP contribution in [0, 0.1) is 11.7 Å². The van der Waals surface area contributed by atoms with Crippen molar-refractivity contribution in [3.8, 4) is 0 Å². The summed E-state index contributed by atoms with van der Waals surface area (Å²) in [5.74, 6) is -0.363. The number of carbonyl (C=O) groups excluding carboxylic acids is 1. The van der Waals surface area contributed by atoms with Crippen molar-refractivity contribution in [3.63, 3.8) is 0 Å². The summed E-state index contributed by atoms with van der Waals surface area (Å²) in [5, 5.41) is 2.28. The molecule has 3 heterocycles. The van der Waals surface area contributed by atoms with Gasteiger partial charge in [0.25, 0.3) is 0 Å². The van der Waals surface area contributed by atoms with E-state index in [1.54, 1.807) is 21.6 Å². The van der Waals surface area contributed by atoms with Crippen LogP contribution in [0.1, 0.15) is 18.4 Å². The van der Waals surface area contributed by atoms with Crippen LogP contribution >= 0.6 is 0 Å². The van der Waals surface area contributed by atoms with Crippen LogP contribution < -0.4 is 5.32 Å². The third kappa shape index (κ3) is 4.25. The Morgan fingerprint density at radius 1 is 1.10 bits per heavy atom. The van der Waals surface area contributed by atoms with Gasteiger partial charge in [-0.2, -0.15) is 4.31 Å². The molecule has 29 heavy (non-hydrogen) atoms. The molecule has 4 rings (SSSR count). The largest absolute Gasteiger partial charge is 0.324 e. The number of nitrogens with one attached hydrogen (secondary N) is 1. The molecule has 0 radical (unpaired) electrons. The molecule has 2 fully saturated rings. The number of rotatable bonds is 3. The summed E-state index contributed by atoms with van der Waals surface area (Å²) >= 11 is 0. The Balaban J connectivity index is 1.40. The zero-order chi connectivity index (χ0) is 20.4. The van der Waals surface area contributed by atoms with E-state index < -0.39 is 15.3 Å². The number of urea groups is 1. The lowest BCUT2D eigenvalue weighted by Gasteiger charge is -2.22. The third-order valence-electron chi connectivity index (χ3n) is 5.65. The average Bonchev–Trinajstić information content (AvgIpc) is 2.85. The first-order valence-corrected chi connectivity index (χ1v) is 11.1. The molecule has 2 amide bonds. The maximum absolute atomic E-state index is 13.0. The quantitative estimate of drug-likeness (QED) is 0.831. The smallest absolute Gasteiger partial charge is 0.321 e. The van der Waals surface area contributed by atoms with E-state index in [1.807, 2.05) is 12.1 Å². The van der Waals surface area contributed by atoms with E-state index in [2.05, 4.69) is 10.3 Å². The molecule has 0 spiro atoms. The fourth-order valence-electron chi connectivity index (χ4n) is 4.08. The highest BCUT2D eigenvalue weighted by Gasteiger charge is 2.47. The summed E-state index contributed by atoms with van der Waals surface area (Å²) < 4.78 is 40.7. The minimum Gasteiger partial charge on any atom is -0.324 e. The molecule has 0 saturated carbocycles. The first kappa shape index (κ1) is 19.8.